The summed E-state index contributed by atoms with van der Waals surface area (Å²) < 4.78 is 20.7. The zero-order valence-corrected chi connectivity index (χ0v) is 10.7. The van der Waals surface area contributed by atoms with Gasteiger partial charge in [0.15, 0.2) is 11.2 Å². The van der Waals surface area contributed by atoms with Gasteiger partial charge in [-0.3, -0.25) is 4.31 Å². The second-order valence-corrected chi connectivity index (χ2v) is 5.04. The van der Waals surface area contributed by atoms with E-state index in [1.807, 2.05) is 0 Å². The maximum absolute atomic E-state index is 11.6. The molecule has 7 heteroatoms. The van der Waals surface area contributed by atoms with Crippen molar-refractivity contribution in [3.8, 4) is 0 Å². The molecule has 2 rings (SSSR count). The molecule has 5 nitrogen and oxygen atoms in total. The van der Waals surface area contributed by atoms with E-state index in [9.17, 15) is 9.00 Å². The van der Waals surface area contributed by atoms with Crippen molar-refractivity contribution in [3.05, 3.63) is 28.8 Å². The number of benzene rings is 1. The smallest absolute Gasteiger partial charge is 0.339 e. The Bertz CT molecular complexity index is 481. The van der Waals surface area contributed by atoms with Crippen LogP contribution in [0.4, 0.5) is 5.69 Å². The molecule has 0 spiro atoms. The van der Waals surface area contributed by atoms with Crippen molar-refractivity contribution < 1.29 is 13.7 Å². The lowest BCUT2D eigenvalue weighted by Gasteiger charge is -2.15. The van der Waals surface area contributed by atoms with Crippen molar-refractivity contribution in [1.82, 2.24) is 4.72 Å². The summed E-state index contributed by atoms with van der Waals surface area (Å²) >= 11 is 4.65. The minimum absolute atomic E-state index is 0.274. The van der Waals surface area contributed by atoms with Crippen LogP contribution < -0.4 is 9.03 Å². The van der Waals surface area contributed by atoms with Gasteiger partial charge in [0, 0.05) is 13.1 Å². The van der Waals surface area contributed by atoms with E-state index in [4.69, 9.17) is 11.6 Å². The molecular weight excluding hydrogens is 264 g/mol. The Morgan fingerprint density at radius 1 is 1.59 bits per heavy atom. The molecule has 1 aliphatic rings. The Balaban J connectivity index is 2.37. The van der Waals surface area contributed by atoms with Gasteiger partial charge in [-0.25, -0.2) is 13.7 Å². The molecule has 1 saturated heterocycles. The van der Waals surface area contributed by atoms with Gasteiger partial charge in [-0.2, -0.15) is 0 Å². The maximum Gasteiger partial charge on any atom is 0.339 e. The molecule has 1 heterocycles. The van der Waals surface area contributed by atoms with E-state index in [1.165, 1.54) is 7.11 Å². The zero-order valence-electron chi connectivity index (χ0n) is 9.10. The Morgan fingerprint density at radius 2 is 2.35 bits per heavy atom. The van der Waals surface area contributed by atoms with Crippen LogP contribution in [-0.4, -0.2) is 30.4 Å². The SMILES string of the molecule is COC(=O)c1cc(N2CCNS2=O)ccc1Cl. The molecule has 1 fully saturated rings. The second kappa shape index (κ2) is 5.03. The minimum atomic E-state index is -1.25. The third kappa shape index (κ3) is 2.43. The highest BCUT2D eigenvalue weighted by Gasteiger charge is 2.22. The number of anilines is 1. The molecule has 1 N–H and O–H groups in total. The normalized spacial score (nSPS) is 19.4. The Morgan fingerprint density at radius 3 is 2.94 bits per heavy atom. The number of nitrogens with zero attached hydrogens (tertiary/aromatic N) is 1. The quantitative estimate of drug-likeness (QED) is 0.822. The summed E-state index contributed by atoms with van der Waals surface area (Å²) in [5.74, 6) is -0.505. The third-order valence-electron chi connectivity index (χ3n) is 2.38. The van der Waals surface area contributed by atoms with E-state index in [0.29, 0.717) is 23.8 Å². The number of carbonyl (C=O) groups is 1. The van der Waals surface area contributed by atoms with Crippen molar-refractivity contribution in [1.29, 1.82) is 0 Å². The molecule has 1 aliphatic heterocycles. The fourth-order valence-corrected chi connectivity index (χ4v) is 2.73. The molecule has 1 aromatic rings. The summed E-state index contributed by atoms with van der Waals surface area (Å²) in [6.07, 6.45) is 0. The highest BCUT2D eigenvalue weighted by Crippen LogP contribution is 2.25. The Kier molecular flexibility index (Phi) is 3.66. The molecule has 1 unspecified atom stereocenters. The number of carbonyl (C=O) groups excluding carboxylic acids is 1. The average molecular weight is 275 g/mol. The summed E-state index contributed by atoms with van der Waals surface area (Å²) in [5.41, 5.74) is 0.953. The van der Waals surface area contributed by atoms with Gasteiger partial charge in [-0.05, 0) is 18.2 Å². The van der Waals surface area contributed by atoms with Crippen LogP contribution in [-0.2, 0) is 15.9 Å². The number of nitrogens with one attached hydrogen (secondary N) is 1. The van der Waals surface area contributed by atoms with Crippen LogP contribution in [0.25, 0.3) is 0 Å². The molecule has 0 saturated carbocycles. The van der Waals surface area contributed by atoms with Crippen LogP contribution in [0.1, 0.15) is 10.4 Å². The maximum atomic E-state index is 11.6. The monoisotopic (exact) mass is 274 g/mol. The largest absolute Gasteiger partial charge is 0.465 e. The Hall–Kier alpha value is -1.11. The highest BCUT2D eigenvalue weighted by atomic mass is 35.5. The first kappa shape index (κ1) is 12.3. The van der Waals surface area contributed by atoms with Gasteiger partial charge >= 0.3 is 5.97 Å². The van der Waals surface area contributed by atoms with Crippen molar-refractivity contribution in [2.24, 2.45) is 0 Å². The number of ether oxygens (including phenoxy) is 1. The fraction of sp³-hybridized carbons (Fsp3) is 0.300. The van der Waals surface area contributed by atoms with E-state index in [2.05, 4.69) is 9.46 Å². The van der Waals surface area contributed by atoms with Gasteiger partial charge in [0.1, 0.15) is 0 Å². The molecule has 0 aromatic heterocycles. The first-order valence-corrected chi connectivity index (χ1v) is 6.42. The summed E-state index contributed by atoms with van der Waals surface area (Å²) in [4.78, 5) is 11.5. The molecule has 0 amide bonds. The summed E-state index contributed by atoms with van der Waals surface area (Å²) in [6.45, 7) is 1.26. The topological polar surface area (TPSA) is 58.6 Å². The summed E-state index contributed by atoms with van der Waals surface area (Å²) in [6, 6.07) is 4.90. The standard InChI is InChI=1S/C10H11ClN2O3S/c1-16-10(14)8-6-7(2-3-9(8)11)13-5-4-12-17(13)15/h2-3,6,12H,4-5H2,1H3. The third-order valence-corrected chi connectivity index (χ3v) is 3.96. The second-order valence-electron chi connectivity index (χ2n) is 3.40. The Labute approximate surface area is 106 Å². The highest BCUT2D eigenvalue weighted by molar-refractivity contribution is 7.84. The number of esters is 1. The van der Waals surface area contributed by atoms with E-state index >= 15 is 0 Å². The van der Waals surface area contributed by atoms with Crippen molar-refractivity contribution in [2.75, 3.05) is 24.5 Å². The number of rotatable bonds is 2. The van der Waals surface area contributed by atoms with Crippen molar-refractivity contribution in [3.63, 3.8) is 0 Å². The predicted octanol–water partition coefficient (Wildman–Crippen LogP) is 1.11. The molecule has 17 heavy (non-hydrogen) atoms. The van der Waals surface area contributed by atoms with E-state index in [0.717, 1.165) is 0 Å². The van der Waals surface area contributed by atoms with E-state index in [1.54, 1.807) is 22.5 Å². The van der Waals surface area contributed by atoms with Gasteiger partial charge in [-0.15, -0.1) is 0 Å². The van der Waals surface area contributed by atoms with Crippen LogP contribution in [0.2, 0.25) is 5.02 Å². The lowest BCUT2D eigenvalue weighted by Crippen LogP contribution is -2.22. The van der Waals surface area contributed by atoms with Crippen LogP contribution >= 0.6 is 11.6 Å². The molecule has 0 aliphatic carbocycles. The molecule has 0 radical (unpaired) electrons. The molecule has 1 aromatic carbocycles. The molecule has 0 bridgehead atoms. The van der Waals surface area contributed by atoms with Gasteiger partial charge < -0.3 is 4.74 Å². The van der Waals surface area contributed by atoms with Crippen molar-refractivity contribution in [2.45, 2.75) is 0 Å². The lowest BCUT2D eigenvalue weighted by molar-refractivity contribution is 0.0601. The first-order chi connectivity index (χ1) is 8.13. The van der Waals surface area contributed by atoms with Crippen LogP contribution in [0.15, 0.2) is 18.2 Å². The number of methoxy groups -OCH3 is 1. The van der Waals surface area contributed by atoms with Gasteiger partial charge in [0.05, 0.1) is 23.4 Å². The number of halogens is 1. The van der Waals surface area contributed by atoms with E-state index < -0.39 is 17.1 Å². The lowest BCUT2D eigenvalue weighted by atomic mass is 10.2. The molecule has 92 valence electrons. The van der Waals surface area contributed by atoms with Gasteiger partial charge in [-0.1, -0.05) is 11.6 Å². The van der Waals surface area contributed by atoms with Crippen LogP contribution in [0.3, 0.4) is 0 Å². The average Bonchev–Trinajstić information content (AvgIpc) is 2.75. The first-order valence-electron chi connectivity index (χ1n) is 4.94. The van der Waals surface area contributed by atoms with Crippen LogP contribution in [0.5, 0.6) is 0 Å². The van der Waals surface area contributed by atoms with E-state index in [-0.39, 0.29) is 5.56 Å². The molecule has 1 atom stereocenters. The van der Waals surface area contributed by atoms with Gasteiger partial charge in [0.25, 0.3) is 0 Å². The molecular formula is C10H11ClN2O3S. The minimum Gasteiger partial charge on any atom is -0.465 e. The van der Waals surface area contributed by atoms with Crippen molar-refractivity contribution >= 4 is 34.4 Å². The number of hydrogen-bond acceptors (Lipinski definition) is 3. The summed E-state index contributed by atoms with van der Waals surface area (Å²) in [5, 5.41) is 0.318. The zero-order chi connectivity index (χ0) is 12.4. The predicted molar refractivity (Wildman–Crippen MR) is 66.3 cm³/mol. The van der Waals surface area contributed by atoms with Crippen LogP contribution in [0, 0.1) is 0 Å². The fourth-order valence-electron chi connectivity index (χ4n) is 1.55. The van der Waals surface area contributed by atoms with Gasteiger partial charge in [0.2, 0.25) is 0 Å². The summed E-state index contributed by atoms with van der Waals surface area (Å²) in [7, 11) is 1.29. The number of hydrogen-bond donors (Lipinski definition) is 1.